The minimum Gasteiger partial charge on any atom is -0.268 e. The summed E-state index contributed by atoms with van der Waals surface area (Å²) in [6.07, 6.45) is 2.99. The summed E-state index contributed by atoms with van der Waals surface area (Å²) in [4.78, 5) is 29.2. The van der Waals surface area contributed by atoms with Crippen molar-refractivity contribution in [3.8, 4) is 5.69 Å². The van der Waals surface area contributed by atoms with Gasteiger partial charge in [0.15, 0.2) is 5.82 Å². The zero-order valence-electron chi connectivity index (χ0n) is 14.3. The van der Waals surface area contributed by atoms with Crippen LogP contribution >= 0.6 is 11.9 Å². The lowest BCUT2D eigenvalue weighted by molar-refractivity contribution is 0.261. The van der Waals surface area contributed by atoms with Gasteiger partial charge >= 0.3 is 5.24 Å². The smallest absolute Gasteiger partial charge is 0.268 e. The third-order valence-electron chi connectivity index (χ3n) is 3.54. The SMILES string of the molecule is C=CCNSC(=O)N/N=C/c1nc2ccccc2c(=O)n1-c1ccccc1. The molecule has 0 unspecified atom stereocenters. The molecule has 0 saturated heterocycles. The molecule has 136 valence electrons. The first-order chi connectivity index (χ1) is 13.2. The van der Waals surface area contributed by atoms with Crippen LogP contribution in [0, 0.1) is 0 Å². The maximum absolute atomic E-state index is 13.0. The molecule has 7 nitrogen and oxygen atoms in total. The van der Waals surface area contributed by atoms with E-state index in [1.807, 2.05) is 36.4 Å². The minimum absolute atomic E-state index is 0.207. The lowest BCUT2D eigenvalue weighted by atomic mass is 10.2. The highest BCUT2D eigenvalue weighted by Crippen LogP contribution is 2.11. The first kappa shape index (κ1) is 18.6. The lowest BCUT2D eigenvalue weighted by Crippen LogP contribution is -2.24. The summed E-state index contributed by atoms with van der Waals surface area (Å²) in [5, 5.41) is 4.04. The molecule has 0 atom stereocenters. The normalized spacial score (nSPS) is 11.0. The number of rotatable bonds is 6. The van der Waals surface area contributed by atoms with Crippen LogP contribution in [0.3, 0.4) is 0 Å². The van der Waals surface area contributed by atoms with E-state index in [4.69, 9.17) is 0 Å². The van der Waals surface area contributed by atoms with Crippen molar-refractivity contribution in [1.29, 1.82) is 0 Å². The Balaban J connectivity index is 1.96. The first-order valence-corrected chi connectivity index (χ1v) is 8.93. The number of hydrogen-bond donors (Lipinski definition) is 2. The number of para-hydroxylation sites is 2. The fourth-order valence-corrected chi connectivity index (χ4v) is 2.83. The second-order valence-electron chi connectivity index (χ2n) is 5.36. The van der Waals surface area contributed by atoms with Gasteiger partial charge in [-0.15, -0.1) is 6.58 Å². The summed E-state index contributed by atoms with van der Waals surface area (Å²) >= 11 is 0.868. The molecule has 8 heteroatoms. The molecule has 27 heavy (non-hydrogen) atoms. The van der Waals surface area contributed by atoms with Gasteiger partial charge in [-0.3, -0.25) is 18.9 Å². The van der Waals surface area contributed by atoms with Gasteiger partial charge in [-0.25, -0.2) is 10.4 Å². The predicted octanol–water partition coefficient (Wildman–Crippen LogP) is 2.85. The van der Waals surface area contributed by atoms with E-state index in [1.165, 1.54) is 10.8 Å². The van der Waals surface area contributed by atoms with Crippen molar-refractivity contribution in [2.45, 2.75) is 0 Å². The quantitative estimate of drug-likeness (QED) is 0.226. The van der Waals surface area contributed by atoms with Crippen LogP contribution in [0.15, 0.2) is 77.1 Å². The Kier molecular flexibility index (Phi) is 6.14. The highest BCUT2D eigenvalue weighted by atomic mass is 32.2. The molecule has 3 rings (SSSR count). The van der Waals surface area contributed by atoms with Crippen LogP contribution in [0.25, 0.3) is 16.6 Å². The summed E-state index contributed by atoms with van der Waals surface area (Å²) in [5.74, 6) is 0.314. The molecule has 1 heterocycles. The van der Waals surface area contributed by atoms with Crippen LogP contribution in [-0.2, 0) is 0 Å². The molecule has 0 aliphatic heterocycles. The molecule has 0 radical (unpaired) electrons. The van der Waals surface area contributed by atoms with E-state index in [0.717, 1.165) is 11.9 Å². The number of carbonyl (C=O) groups is 1. The molecule has 0 spiro atoms. The van der Waals surface area contributed by atoms with E-state index in [2.05, 4.69) is 26.8 Å². The number of benzene rings is 2. The van der Waals surface area contributed by atoms with Gasteiger partial charge in [-0.1, -0.05) is 36.4 Å². The lowest BCUT2D eigenvalue weighted by Gasteiger charge is -2.10. The van der Waals surface area contributed by atoms with Gasteiger partial charge < -0.3 is 0 Å². The van der Waals surface area contributed by atoms with Crippen molar-refractivity contribution in [3.63, 3.8) is 0 Å². The predicted molar refractivity (Wildman–Crippen MR) is 109 cm³/mol. The number of hydrogen-bond acceptors (Lipinski definition) is 6. The van der Waals surface area contributed by atoms with Gasteiger partial charge in [0.25, 0.3) is 5.56 Å². The number of fused-ring (bicyclic) bond motifs is 1. The second kappa shape index (κ2) is 8.93. The Morgan fingerprint density at radius 3 is 2.70 bits per heavy atom. The van der Waals surface area contributed by atoms with E-state index in [1.54, 1.807) is 24.3 Å². The average molecular weight is 379 g/mol. The van der Waals surface area contributed by atoms with Crippen LogP contribution < -0.4 is 15.7 Å². The van der Waals surface area contributed by atoms with E-state index >= 15 is 0 Å². The van der Waals surface area contributed by atoms with E-state index in [0.29, 0.717) is 29.0 Å². The molecule has 0 aliphatic carbocycles. The molecule has 3 aromatic rings. The molecular formula is C19H17N5O2S. The van der Waals surface area contributed by atoms with Crippen molar-refractivity contribution in [1.82, 2.24) is 19.7 Å². The van der Waals surface area contributed by atoms with Crippen molar-refractivity contribution in [2.75, 3.05) is 6.54 Å². The fourth-order valence-electron chi connectivity index (χ4n) is 2.39. The Bertz CT molecular complexity index is 1050. The summed E-state index contributed by atoms with van der Waals surface area (Å²) < 4.78 is 4.26. The van der Waals surface area contributed by atoms with Crippen LogP contribution in [0.5, 0.6) is 0 Å². The third-order valence-corrected chi connectivity index (χ3v) is 4.13. The monoisotopic (exact) mass is 379 g/mol. The Morgan fingerprint density at radius 2 is 1.93 bits per heavy atom. The van der Waals surface area contributed by atoms with E-state index in [-0.39, 0.29) is 10.8 Å². The van der Waals surface area contributed by atoms with Crippen molar-refractivity contribution >= 4 is 34.3 Å². The van der Waals surface area contributed by atoms with Gasteiger partial charge in [0.1, 0.15) is 0 Å². The number of amides is 1. The molecule has 2 N–H and O–H groups in total. The fraction of sp³-hybridized carbons (Fsp3) is 0.0526. The van der Waals surface area contributed by atoms with Crippen LogP contribution in [0.4, 0.5) is 4.79 Å². The standard InChI is InChI=1S/C19H17N5O2S/c1-2-12-21-27-19(26)23-20-13-17-22-16-11-7-6-10-15(16)18(25)24(17)14-8-4-3-5-9-14/h2-11,13,21H,1,12H2,(H,23,26)/b20-13+. The molecule has 0 saturated carbocycles. The van der Waals surface area contributed by atoms with Crippen molar-refractivity contribution in [2.24, 2.45) is 5.10 Å². The Hall–Kier alpha value is -3.23. The van der Waals surface area contributed by atoms with Gasteiger partial charge in [-0.05, 0) is 24.3 Å². The maximum Gasteiger partial charge on any atom is 0.314 e. The van der Waals surface area contributed by atoms with Gasteiger partial charge in [0.05, 0.1) is 22.8 Å². The van der Waals surface area contributed by atoms with Gasteiger partial charge in [-0.2, -0.15) is 5.10 Å². The van der Waals surface area contributed by atoms with E-state index < -0.39 is 0 Å². The van der Waals surface area contributed by atoms with Gasteiger partial charge in [0, 0.05) is 18.5 Å². The molecule has 2 aromatic carbocycles. The minimum atomic E-state index is -0.387. The molecule has 1 amide bonds. The zero-order chi connectivity index (χ0) is 19.1. The van der Waals surface area contributed by atoms with Crippen LogP contribution in [0.1, 0.15) is 5.82 Å². The highest BCUT2D eigenvalue weighted by Gasteiger charge is 2.11. The molecule has 0 aliphatic rings. The zero-order valence-corrected chi connectivity index (χ0v) is 15.1. The molecule has 0 bridgehead atoms. The largest absolute Gasteiger partial charge is 0.314 e. The number of carbonyl (C=O) groups excluding carboxylic acids is 1. The van der Waals surface area contributed by atoms with Crippen LogP contribution in [-0.4, -0.2) is 27.5 Å². The third kappa shape index (κ3) is 4.49. The summed E-state index contributed by atoms with van der Waals surface area (Å²) in [6, 6.07) is 16.2. The van der Waals surface area contributed by atoms with E-state index in [9.17, 15) is 9.59 Å². The number of hydrazone groups is 1. The second-order valence-corrected chi connectivity index (χ2v) is 6.22. The topological polar surface area (TPSA) is 88.4 Å². The Morgan fingerprint density at radius 1 is 1.19 bits per heavy atom. The number of nitrogens with zero attached hydrogens (tertiary/aromatic N) is 3. The van der Waals surface area contributed by atoms with Crippen LogP contribution in [0.2, 0.25) is 0 Å². The summed E-state index contributed by atoms with van der Waals surface area (Å²) in [7, 11) is 0. The van der Waals surface area contributed by atoms with Crippen molar-refractivity contribution in [3.05, 3.63) is 83.4 Å². The average Bonchev–Trinajstić information content (AvgIpc) is 2.69. The van der Waals surface area contributed by atoms with Crippen molar-refractivity contribution < 1.29 is 4.79 Å². The maximum atomic E-state index is 13.0. The molecule has 0 fully saturated rings. The molecule has 1 aromatic heterocycles. The first-order valence-electron chi connectivity index (χ1n) is 8.11. The number of nitrogens with one attached hydrogen (secondary N) is 2. The van der Waals surface area contributed by atoms with Gasteiger partial charge in [0.2, 0.25) is 0 Å². The summed E-state index contributed by atoms with van der Waals surface area (Å²) in [6.45, 7) is 4.04. The highest BCUT2D eigenvalue weighted by molar-refractivity contribution is 8.11. The molecular weight excluding hydrogens is 362 g/mol. The number of aromatic nitrogens is 2. The Labute approximate surface area is 160 Å². The summed E-state index contributed by atoms with van der Waals surface area (Å²) in [5.41, 5.74) is 3.39.